The molecule has 1 nitrogen and oxygen atoms in total. The zero-order valence-corrected chi connectivity index (χ0v) is 12.0. The Morgan fingerprint density at radius 1 is 1.35 bits per heavy atom. The Hall–Kier alpha value is -0.640. The molecule has 92 valence electrons. The lowest BCUT2D eigenvalue weighted by molar-refractivity contribution is 0.511. The van der Waals surface area contributed by atoms with Crippen LogP contribution in [0.1, 0.15) is 31.6 Å². The van der Waals surface area contributed by atoms with Gasteiger partial charge in [0.25, 0.3) is 0 Å². The molecule has 0 saturated carbocycles. The van der Waals surface area contributed by atoms with E-state index in [1.54, 1.807) is 0 Å². The molecule has 1 atom stereocenters. The van der Waals surface area contributed by atoms with Crippen molar-refractivity contribution >= 4 is 22.7 Å². The van der Waals surface area contributed by atoms with Gasteiger partial charge in [0.2, 0.25) is 0 Å². The van der Waals surface area contributed by atoms with E-state index in [-0.39, 0.29) is 0 Å². The van der Waals surface area contributed by atoms with Gasteiger partial charge < -0.3 is 5.32 Å². The second-order valence-corrected chi connectivity index (χ2v) is 6.29. The zero-order valence-electron chi connectivity index (χ0n) is 10.4. The molecule has 0 radical (unpaired) electrons. The lowest BCUT2D eigenvalue weighted by Gasteiger charge is -2.11. The van der Waals surface area contributed by atoms with Crippen LogP contribution in [0.15, 0.2) is 29.0 Å². The fourth-order valence-corrected chi connectivity index (χ4v) is 3.48. The minimum Gasteiger partial charge on any atom is -0.309 e. The molecule has 0 bridgehead atoms. The Bertz CT molecular complexity index is 431. The molecule has 0 fully saturated rings. The topological polar surface area (TPSA) is 12.0 Å². The van der Waals surface area contributed by atoms with Crippen molar-refractivity contribution in [1.29, 1.82) is 0 Å². The zero-order chi connectivity index (χ0) is 12.1. The monoisotopic (exact) mass is 265 g/mol. The van der Waals surface area contributed by atoms with Crippen LogP contribution >= 0.6 is 22.7 Å². The summed E-state index contributed by atoms with van der Waals surface area (Å²) >= 11 is 3.66. The van der Waals surface area contributed by atoms with Crippen molar-refractivity contribution in [2.24, 2.45) is 0 Å². The van der Waals surface area contributed by atoms with Crippen molar-refractivity contribution in [1.82, 2.24) is 5.32 Å². The van der Waals surface area contributed by atoms with Crippen LogP contribution in [-0.4, -0.2) is 6.04 Å². The van der Waals surface area contributed by atoms with E-state index in [2.05, 4.69) is 48.1 Å². The van der Waals surface area contributed by atoms with Crippen LogP contribution in [0.2, 0.25) is 0 Å². The van der Waals surface area contributed by atoms with Gasteiger partial charge in [-0.15, -0.1) is 22.7 Å². The largest absolute Gasteiger partial charge is 0.309 e. The van der Waals surface area contributed by atoms with Crippen molar-refractivity contribution in [2.75, 3.05) is 0 Å². The van der Waals surface area contributed by atoms with Gasteiger partial charge in [0.15, 0.2) is 0 Å². The summed E-state index contributed by atoms with van der Waals surface area (Å²) in [6.45, 7) is 5.49. The predicted octanol–water partition coefficient (Wildman–Crippen LogP) is 4.75. The van der Waals surface area contributed by atoms with Crippen LogP contribution in [0.5, 0.6) is 0 Å². The standard InChI is InChI=1S/C14H19NS2/c1-3-5-11(2)15-9-13-8-12(10-17-13)14-6-4-7-16-14/h4,6-8,10-11,15H,3,5,9H2,1-2H3. The van der Waals surface area contributed by atoms with Crippen LogP contribution in [-0.2, 0) is 6.54 Å². The molecular formula is C14H19NS2. The summed E-state index contributed by atoms with van der Waals surface area (Å²) in [5.74, 6) is 0. The van der Waals surface area contributed by atoms with Gasteiger partial charge in [-0.3, -0.25) is 0 Å². The Morgan fingerprint density at radius 2 is 2.24 bits per heavy atom. The van der Waals surface area contributed by atoms with Gasteiger partial charge in [-0.2, -0.15) is 0 Å². The molecule has 0 aliphatic carbocycles. The molecular weight excluding hydrogens is 246 g/mol. The normalized spacial score (nSPS) is 12.8. The number of nitrogens with one attached hydrogen (secondary N) is 1. The highest BCUT2D eigenvalue weighted by atomic mass is 32.1. The number of thiophene rings is 2. The Labute approximate surface area is 112 Å². The van der Waals surface area contributed by atoms with E-state index >= 15 is 0 Å². The quantitative estimate of drug-likeness (QED) is 0.794. The molecule has 0 saturated heterocycles. The summed E-state index contributed by atoms with van der Waals surface area (Å²) in [5.41, 5.74) is 1.37. The third kappa shape index (κ3) is 3.66. The highest BCUT2D eigenvalue weighted by Gasteiger charge is 2.05. The lowest BCUT2D eigenvalue weighted by Crippen LogP contribution is -2.24. The first-order valence-electron chi connectivity index (χ1n) is 6.14. The third-order valence-electron chi connectivity index (χ3n) is 2.81. The average molecular weight is 265 g/mol. The van der Waals surface area contributed by atoms with Gasteiger partial charge in [-0.1, -0.05) is 19.4 Å². The molecule has 1 N–H and O–H groups in total. The van der Waals surface area contributed by atoms with E-state index in [1.807, 2.05) is 22.7 Å². The van der Waals surface area contributed by atoms with E-state index in [1.165, 1.54) is 28.2 Å². The van der Waals surface area contributed by atoms with E-state index < -0.39 is 0 Å². The summed E-state index contributed by atoms with van der Waals surface area (Å²) in [7, 11) is 0. The summed E-state index contributed by atoms with van der Waals surface area (Å²) in [6, 6.07) is 7.22. The fraction of sp³-hybridized carbons (Fsp3) is 0.429. The van der Waals surface area contributed by atoms with Gasteiger partial charge in [0.1, 0.15) is 0 Å². The van der Waals surface area contributed by atoms with Gasteiger partial charge in [-0.05, 0) is 36.2 Å². The Morgan fingerprint density at radius 3 is 2.94 bits per heavy atom. The molecule has 0 aromatic carbocycles. The molecule has 1 unspecified atom stereocenters. The lowest BCUT2D eigenvalue weighted by atomic mass is 10.2. The fourth-order valence-electron chi connectivity index (χ4n) is 1.86. The minimum absolute atomic E-state index is 0.618. The first-order chi connectivity index (χ1) is 8.29. The SMILES string of the molecule is CCCC(C)NCc1cc(-c2cccs2)cs1. The highest BCUT2D eigenvalue weighted by Crippen LogP contribution is 2.29. The number of hydrogen-bond acceptors (Lipinski definition) is 3. The molecule has 17 heavy (non-hydrogen) atoms. The van der Waals surface area contributed by atoms with Crippen molar-refractivity contribution in [3.05, 3.63) is 33.8 Å². The van der Waals surface area contributed by atoms with Crippen LogP contribution in [0.3, 0.4) is 0 Å². The summed E-state index contributed by atoms with van der Waals surface area (Å²) in [6.07, 6.45) is 2.50. The summed E-state index contributed by atoms with van der Waals surface area (Å²) < 4.78 is 0. The van der Waals surface area contributed by atoms with Crippen LogP contribution < -0.4 is 5.32 Å². The smallest absolute Gasteiger partial charge is 0.0351 e. The van der Waals surface area contributed by atoms with E-state index in [9.17, 15) is 0 Å². The minimum atomic E-state index is 0.618. The molecule has 0 aliphatic heterocycles. The van der Waals surface area contributed by atoms with Crippen molar-refractivity contribution in [3.63, 3.8) is 0 Å². The maximum atomic E-state index is 3.57. The molecule has 2 rings (SSSR count). The molecule has 0 amide bonds. The van der Waals surface area contributed by atoms with Crippen LogP contribution in [0, 0.1) is 0 Å². The first-order valence-corrected chi connectivity index (χ1v) is 7.90. The van der Waals surface area contributed by atoms with Gasteiger partial charge in [-0.25, -0.2) is 0 Å². The molecule has 2 aromatic rings. The number of rotatable bonds is 6. The van der Waals surface area contributed by atoms with E-state index in [0.29, 0.717) is 6.04 Å². The molecule has 0 spiro atoms. The summed E-state index contributed by atoms with van der Waals surface area (Å²) in [5, 5.41) is 7.96. The Balaban J connectivity index is 1.91. The third-order valence-corrected chi connectivity index (χ3v) is 4.66. The van der Waals surface area contributed by atoms with Gasteiger partial charge in [0, 0.05) is 27.9 Å². The Kier molecular flexibility index (Phi) is 4.77. The molecule has 0 aliphatic rings. The molecule has 2 aromatic heterocycles. The number of hydrogen-bond donors (Lipinski definition) is 1. The average Bonchev–Trinajstić information content (AvgIpc) is 2.97. The van der Waals surface area contributed by atoms with Crippen LogP contribution in [0.4, 0.5) is 0 Å². The molecule has 2 heterocycles. The maximum Gasteiger partial charge on any atom is 0.0351 e. The highest BCUT2D eigenvalue weighted by molar-refractivity contribution is 7.14. The van der Waals surface area contributed by atoms with Crippen molar-refractivity contribution < 1.29 is 0 Å². The van der Waals surface area contributed by atoms with E-state index in [4.69, 9.17) is 0 Å². The maximum absolute atomic E-state index is 3.57. The van der Waals surface area contributed by atoms with Crippen molar-refractivity contribution in [3.8, 4) is 10.4 Å². The van der Waals surface area contributed by atoms with E-state index in [0.717, 1.165) is 6.54 Å². The molecule has 3 heteroatoms. The first kappa shape index (κ1) is 12.8. The van der Waals surface area contributed by atoms with Crippen molar-refractivity contribution in [2.45, 2.75) is 39.3 Å². The predicted molar refractivity (Wildman–Crippen MR) is 78.8 cm³/mol. The van der Waals surface area contributed by atoms with Gasteiger partial charge >= 0.3 is 0 Å². The van der Waals surface area contributed by atoms with Gasteiger partial charge in [0.05, 0.1) is 0 Å². The second-order valence-electron chi connectivity index (χ2n) is 4.35. The van der Waals surface area contributed by atoms with Crippen LogP contribution in [0.25, 0.3) is 10.4 Å². The second kappa shape index (κ2) is 6.34. The summed E-state index contributed by atoms with van der Waals surface area (Å²) in [4.78, 5) is 2.80.